The minimum atomic E-state index is -0.607. The van der Waals surface area contributed by atoms with E-state index < -0.39 is 5.60 Å². The summed E-state index contributed by atoms with van der Waals surface area (Å²) in [6, 6.07) is 3.97. The zero-order valence-corrected chi connectivity index (χ0v) is 9.20. The Kier molecular flexibility index (Phi) is 1.96. The fraction of sp³-hybridized carbons (Fsp3) is 0.692. The molecule has 15 heavy (non-hydrogen) atoms. The van der Waals surface area contributed by atoms with Gasteiger partial charge in [-0.15, -0.1) is 0 Å². The summed E-state index contributed by atoms with van der Waals surface area (Å²) >= 11 is 0. The smallest absolute Gasteiger partial charge is 0.136 e. The van der Waals surface area contributed by atoms with Gasteiger partial charge in [-0.05, 0) is 25.0 Å². The average molecular weight is 206 g/mol. The number of furan rings is 1. The highest BCUT2D eigenvalue weighted by atomic mass is 16.4. The fourth-order valence-electron chi connectivity index (χ4n) is 3.24. The van der Waals surface area contributed by atoms with Crippen molar-refractivity contribution >= 4 is 0 Å². The SMILES string of the molecule is CCc1ccc(C2(O)C3CCCCC32)o1. The lowest BCUT2D eigenvalue weighted by atomic mass is 10.0. The Labute approximate surface area is 90.3 Å². The predicted molar refractivity (Wildman–Crippen MR) is 57.4 cm³/mol. The van der Waals surface area contributed by atoms with Crippen LogP contribution in [0.3, 0.4) is 0 Å². The summed E-state index contributed by atoms with van der Waals surface area (Å²) in [5, 5.41) is 10.6. The van der Waals surface area contributed by atoms with Gasteiger partial charge in [0.15, 0.2) is 0 Å². The highest BCUT2D eigenvalue weighted by Gasteiger charge is 2.66. The van der Waals surface area contributed by atoms with Gasteiger partial charge < -0.3 is 9.52 Å². The molecule has 0 aliphatic heterocycles. The summed E-state index contributed by atoms with van der Waals surface area (Å²) in [6.45, 7) is 2.08. The highest BCUT2D eigenvalue weighted by Crippen LogP contribution is 2.64. The molecule has 2 saturated carbocycles. The Morgan fingerprint density at radius 2 is 2.00 bits per heavy atom. The van der Waals surface area contributed by atoms with Crippen LogP contribution >= 0.6 is 0 Å². The number of aryl methyl sites for hydroxylation is 1. The van der Waals surface area contributed by atoms with Crippen molar-refractivity contribution in [1.82, 2.24) is 0 Å². The summed E-state index contributed by atoms with van der Waals surface area (Å²) in [4.78, 5) is 0. The maximum absolute atomic E-state index is 10.6. The van der Waals surface area contributed by atoms with Crippen LogP contribution in [0.1, 0.15) is 44.1 Å². The van der Waals surface area contributed by atoms with Crippen molar-refractivity contribution in [2.24, 2.45) is 11.8 Å². The Hall–Kier alpha value is -0.760. The van der Waals surface area contributed by atoms with E-state index >= 15 is 0 Å². The number of rotatable bonds is 2. The van der Waals surface area contributed by atoms with E-state index in [1.54, 1.807) is 0 Å². The van der Waals surface area contributed by atoms with Crippen LogP contribution < -0.4 is 0 Å². The zero-order chi connectivity index (χ0) is 10.5. The predicted octanol–water partition coefficient (Wildman–Crippen LogP) is 2.85. The maximum atomic E-state index is 10.6. The maximum Gasteiger partial charge on any atom is 0.136 e. The van der Waals surface area contributed by atoms with Crippen LogP contribution in [0, 0.1) is 11.8 Å². The molecule has 2 unspecified atom stereocenters. The van der Waals surface area contributed by atoms with E-state index in [4.69, 9.17) is 4.42 Å². The van der Waals surface area contributed by atoms with Gasteiger partial charge in [0.2, 0.25) is 0 Å². The topological polar surface area (TPSA) is 33.4 Å². The molecule has 0 spiro atoms. The summed E-state index contributed by atoms with van der Waals surface area (Å²) in [5.41, 5.74) is -0.607. The lowest BCUT2D eigenvalue weighted by molar-refractivity contribution is 0.0905. The lowest BCUT2D eigenvalue weighted by Crippen LogP contribution is -2.08. The van der Waals surface area contributed by atoms with Crippen LogP contribution in [0.25, 0.3) is 0 Å². The molecule has 3 rings (SSSR count). The van der Waals surface area contributed by atoms with Crippen LogP contribution in [-0.2, 0) is 12.0 Å². The van der Waals surface area contributed by atoms with Gasteiger partial charge in [-0.1, -0.05) is 19.8 Å². The van der Waals surface area contributed by atoms with Crippen LogP contribution in [-0.4, -0.2) is 5.11 Å². The first-order valence-corrected chi connectivity index (χ1v) is 6.08. The second-order valence-corrected chi connectivity index (χ2v) is 4.94. The Balaban J connectivity index is 1.87. The van der Waals surface area contributed by atoms with E-state index in [2.05, 4.69) is 6.92 Å². The first-order chi connectivity index (χ1) is 7.26. The molecule has 2 heteroatoms. The standard InChI is InChI=1S/C13H18O2/c1-2-9-7-8-12(15-9)13(14)10-5-3-4-6-11(10)13/h7-8,10-11,14H,2-6H2,1H3. The van der Waals surface area contributed by atoms with E-state index in [0.717, 1.165) is 17.9 Å². The van der Waals surface area contributed by atoms with Gasteiger partial charge >= 0.3 is 0 Å². The van der Waals surface area contributed by atoms with Crippen molar-refractivity contribution in [2.45, 2.75) is 44.6 Å². The van der Waals surface area contributed by atoms with Crippen LogP contribution in [0.5, 0.6) is 0 Å². The number of aliphatic hydroxyl groups is 1. The molecule has 0 bridgehead atoms. The summed E-state index contributed by atoms with van der Waals surface area (Å²) in [5.74, 6) is 2.75. The van der Waals surface area contributed by atoms with Gasteiger partial charge in [-0.25, -0.2) is 0 Å². The molecule has 0 aromatic carbocycles. The summed E-state index contributed by atoms with van der Waals surface area (Å²) < 4.78 is 5.70. The third-order valence-corrected chi connectivity index (χ3v) is 4.19. The molecule has 2 fully saturated rings. The molecule has 1 N–H and O–H groups in total. The molecular formula is C13H18O2. The molecule has 2 atom stereocenters. The van der Waals surface area contributed by atoms with Crippen molar-refractivity contribution in [3.05, 3.63) is 23.7 Å². The van der Waals surface area contributed by atoms with Crippen LogP contribution in [0.2, 0.25) is 0 Å². The van der Waals surface area contributed by atoms with Gasteiger partial charge in [-0.2, -0.15) is 0 Å². The summed E-state index contributed by atoms with van der Waals surface area (Å²) in [6.07, 6.45) is 5.79. The van der Waals surface area contributed by atoms with E-state index in [1.807, 2.05) is 12.1 Å². The number of hydrogen-bond acceptors (Lipinski definition) is 2. The number of hydrogen-bond donors (Lipinski definition) is 1. The van der Waals surface area contributed by atoms with Gasteiger partial charge in [0.25, 0.3) is 0 Å². The first kappa shape index (κ1) is 9.46. The minimum Gasteiger partial charge on any atom is -0.463 e. The van der Waals surface area contributed by atoms with Gasteiger partial charge in [0.05, 0.1) is 0 Å². The highest BCUT2D eigenvalue weighted by molar-refractivity contribution is 5.27. The molecule has 1 aromatic heterocycles. The second-order valence-electron chi connectivity index (χ2n) is 4.94. The first-order valence-electron chi connectivity index (χ1n) is 6.08. The van der Waals surface area contributed by atoms with E-state index in [9.17, 15) is 5.11 Å². The third kappa shape index (κ3) is 1.21. The molecule has 0 radical (unpaired) electrons. The zero-order valence-electron chi connectivity index (χ0n) is 9.20. The van der Waals surface area contributed by atoms with Gasteiger partial charge in [0.1, 0.15) is 17.1 Å². The van der Waals surface area contributed by atoms with Crippen molar-refractivity contribution < 1.29 is 9.52 Å². The lowest BCUT2D eigenvalue weighted by Gasteiger charge is -2.06. The van der Waals surface area contributed by atoms with Crippen molar-refractivity contribution in [3.8, 4) is 0 Å². The van der Waals surface area contributed by atoms with Crippen LogP contribution in [0.4, 0.5) is 0 Å². The third-order valence-electron chi connectivity index (χ3n) is 4.19. The second kappa shape index (κ2) is 3.11. The monoisotopic (exact) mass is 206 g/mol. The number of fused-ring (bicyclic) bond motifs is 1. The van der Waals surface area contributed by atoms with Gasteiger partial charge in [0, 0.05) is 18.3 Å². The van der Waals surface area contributed by atoms with Crippen LogP contribution in [0.15, 0.2) is 16.5 Å². The van der Waals surface area contributed by atoms with E-state index in [-0.39, 0.29) is 0 Å². The molecule has 1 heterocycles. The van der Waals surface area contributed by atoms with Crippen molar-refractivity contribution in [3.63, 3.8) is 0 Å². The molecule has 1 aromatic rings. The minimum absolute atomic E-state index is 0.474. The molecule has 2 aliphatic rings. The molecule has 82 valence electrons. The van der Waals surface area contributed by atoms with E-state index in [1.165, 1.54) is 25.7 Å². The molecule has 0 saturated heterocycles. The Morgan fingerprint density at radius 3 is 2.53 bits per heavy atom. The largest absolute Gasteiger partial charge is 0.463 e. The Bertz CT molecular complexity index is 354. The van der Waals surface area contributed by atoms with Gasteiger partial charge in [-0.3, -0.25) is 0 Å². The molecule has 0 amide bonds. The summed E-state index contributed by atoms with van der Waals surface area (Å²) in [7, 11) is 0. The molecular weight excluding hydrogens is 188 g/mol. The van der Waals surface area contributed by atoms with Crippen molar-refractivity contribution in [1.29, 1.82) is 0 Å². The quantitative estimate of drug-likeness (QED) is 0.807. The van der Waals surface area contributed by atoms with E-state index in [0.29, 0.717) is 11.8 Å². The molecule has 2 aliphatic carbocycles. The Morgan fingerprint density at radius 1 is 1.33 bits per heavy atom. The normalized spacial score (nSPS) is 38.8. The van der Waals surface area contributed by atoms with Crippen molar-refractivity contribution in [2.75, 3.05) is 0 Å². The molecule has 2 nitrogen and oxygen atoms in total. The average Bonchev–Trinajstić information content (AvgIpc) is 2.70. The fourth-order valence-corrected chi connectivity index (χ4v) is 3.24.